The third-order valence-electron chi connectivity index (χ3n) is 7.25. The fourth-order valence-electron chi connectivity index (χ4n) is 4.76. The molecule has 7 nitrogen and oxygen atoms in total. The summed E-state index contributed by atoms with van der Waals surface area (Å²) in [5, 5.41) is 9.28. The van der Waals surface area contributed by atoms with Gasteiger partial charge in [0.25, 0.3) is 0 Å². The summed E-state index contributed by atoms with van der Waals surface area (Å²) in [4.78, 5) is 32.9. The molecule has 3 aromatic rings. The number of carbonyl (C=O) groups is 2. The van der Waals surface area contributed by atoms with E-state index in [2.05, 4.69) is 37.0 Å². The predicted molar refractivity (Wildman–Crippen MR) is 147 cm³/mol. The Morgan fingerprint density at radius 2 is 1.66 bits per heavy atom. The number of ether oxygens (including phenoxy) is 1. The summed E-state index contributed by atoms with van der Waals surface area (Å²) < 4.78 is 5.61. The van der Waals surface area contributed by atoms with Crippen molar-refractivity contribution in [1.82, 2.24) is 14.8 Å². The minimum absolute atomic E-state index is 0.0765. The fraction of sp³-hybridized carbons (Fsp3) is 0.387. The van der Waals surface area contributed by atoms with Crippen LogP contribution >= 0.6 is 0 Å². The number of carboxylic acid groups (broad SMARTS) is 1. The number of hydrogen-bond acceptors (Lipinski definition) is 4. The number of urea groups is 1. The first kappa shape index (κ1) is 27.2. The molecule has 0 aliphatic carbocycles. The predicted octanol–water partition coefficient (Wildman–Crippen LogP) is 5.77. The summed E-state index contributed by atoms with van der Waals surface area (Å²) in [6, 6.07) is 18.1. The highest BCUT2D eigenvalue weighted by Crippen LogP contribution is 2.26. The molecule has 2 heterocycles. The first-order valence-corrected chi connectivity index (χ1v) is 13.1. The largest absolute Gasteiger partial charge is 0.478 e. The van der Waals surface area contributed by atoms with Gasteiger partial charge >= 0.3 is 12.0 Å². The van der Waals surface area contributed by atoms with E-state index in [4.69, 9.17) is 4.74 Å². The van der Waals surface area contributed by atoms with Crippen LogP contribution in [0.15, 0.2) is 67.0 Å². The second-order valence-corrected chi connectivity index (χ2v) is 10.7. The van der Waals surface area contributed by atoms with Crippen molar-refractivity contribution in [2.75, 3.05) is 6.54 Å². The van der Waals surface area contributed by atoms with Crippen molar-refractivity contribution in [3.8, 4) is 5.75 Å². The topological polar surface area (TPSA) is 83.0 Å². The normalized spacial score (nSPS) is 15.7. The van der Waals surface area contributed by atoms with Gasteiger partial charge in [0.1, 0.15) is 5.75 Å². The lowest BCUT2D eigenvalue weighted by Crippen LogP contribution is -2.37. The molecule has 1 unspecified atom stereocenters. The van der Waals surface area contributed by atoms with E-state index < -0.39 is 11.6 Å². The number of pyridine rings is 1. The summed E-state index contributed by atoms with van der Waals surface area (Å²) in [5.74, 6) is -0.469. The van der Waals surface area contributed by atoms with Gasteiger partial charge in [-0.2, -0.15) is 0 Å². The van der Waals surface area contributed by atoms with Gasteiger partial charge in [0.15, 0.2) is 5.60 Å². The van der Waals surface area contributed by atoms with Crippen LogP contribution in [0.4, 0.5) is 4.79 Å². The van der Waals surface area contributed by atoms with Gasteiger partial charge in [0.05, 0.1) is 6.04 Å². The van der Waals surface area contributed by atoms with Gasteiger partial charge in [-0.3, -0.25) is 4.98 Å². The monoisotopic (exact) mass is 515 g/mol. The van der Waals surface area contributed by atoms with Gasteiger partial charge in [-0.05, 0) is 99.0 Å². The molecule has 1 aliphatic rings. The number of carboxylic acids is 1. The Kier molecular flexibility index (Phi) is 8.35. The molecule has 38 heavy (non-hydrogen) atoms. The van der Waals surface area contributed by atoms with Crippen LogP contribution in [-0.2, 0) is 24.3 Å². The molecule has 200 valence electrons. The summed E-state index contributed by atoms with van der Waals surface area (Å²) in [6.45, 7) is 9.16. The van der Waals surface area contributed by atoms with E-state index in [9.17, 15) is 14.7 Å². The highest BCUT2D eigenvalue weighted by molar-refractivity contribution is 5.77. The number of nitrogens with zero attached hydrogens (tertiary/aromatic N) is 3. The first-order valence-electron chi connectivity index (χ1n) is 13.1. The zero-order valence-electron chi connectivity index (χ0n) is 22.7. The Morgan fingerprint density at radius 3 is 2.32 bits per heavy atom. The van der Waals surface area contributed by atoms with Crippen LogP contribution in [0, 0.1) is 13.8 Å². The van der Waals surface area contributed by atoms with Crippen LogP contribution in [0.2, 0.25) is 0 Å². The van der Waals surface area contributed by atoms with Crippen molar-refractivity contribution in [2.45, 2.75) is 71.7 Å². The third kappa shape index (κ3) is 6.71. The minimum atomic E-state index is -1.28. The lowest BCUT2D eigenvalue weighted by atomic mass is 10.0. The Labute approximate surface area is 225 Å². The highest BCUT2D eigenvalue weighted by atomic mass is 16.5. The van der Waals surface area contributed by atoms with E-state index in [1.165, 1.54) is 25.0 Å². The van der Waals surface area contributed by atoms with Crippen molar-refractivity contribution in [3.63, 3.8) is 0 Å². The summed E-state index contributed by atoms with van der Waals surface area (Å²) in [5.41, 5.74) is 4.59. The van der Waals surface area contributed by atoms with E-state index in [1.54, 1.807) is 12.4 Å². The number of aliphatic carboxylic acids is 1. The highest BCUT2D eigenvalue weighted by Gasteiger charge is 2.36. The Hall–Kier alpha value is -3.87. The fourth-order valence-corrected chi connectivity index (χ4v) is 4.76. The summed E-state index contributed by atoms with van der Waals surface area (Å²) >= 11 is 0. The molecule has 4 rings (SSSR count). The van der Waals surface area contributed by atoms with Crippen molar-refractivity contribution >= 4 is 12.0 Å². The molecule has 1 atom stereocenters. The maximum atomic E-state index is 13.5. The molecule has 1 N–H and O–H groups in total. The number of aromatic nitrogens is 1. The van der Waals surface area contributed by atoms with Crippen LogP contribution in [0.3, 0.4) is 0 Å². The molecule has 1 aliphatic heterocycles. The summed E-state index contributed by atoms with van der Waals surface area (Å²) in [6.07, 6.45) is 6.23. The quantitative estimate of drug-likeness (QED) is 0.351. The minimum Gasteiger partial charge on any atom is -0.478 e. The van der Waals surface area contributed by atoms with E-state index in [0.29, 0.717) is 25.4 Å². The Bertz CT molecular complexity index is 1260. The lowest BCUT2D eigenvalue weighted by Gasteiger charge is -2.23. The van der Waals surface area contributed by atoms with Gasteiger partial charge < -0.3 is 19.6 Å². The second kappa shape index (κ2) is 11.7. The Balaban J connectivity index is 1.40. The van der Waals surface area contributed by atoms with Crippen LogP contribution in [0.1, 0.15) is 54.5 Å². The number of amides is 2. The standard InChI is InChI=1S/C31H37N3O4/c1-22-8-9-26(18-23(22)2)19-33-21-27(34(30(33)37)20-25-14-16-32-17-15-25)7-5-6-24-10-12-28(13-11-24)38-31(3,4)29(35)36/h8-18,27H,5-7,19-21H2,1-4H3,(H,35,36). The molecule has 2 amide bonds. The molecule has 1 saturated heterocycles. The number of aryl methyl sites for hydroxylation is 3. The smallest absolute Gasteiger partial charge is 0.347 e. The van der Waals surface area contributed by atoms with Gasteiger partial charge in [-0.15, -0.1) is 0 Å². The molecule has 1 fully saturated rings. The second-order valence-electron chi connectivity index (χ2n) is 10.7. The average Bonchev–Trinajstić information content (AvgIpc) is 3.16. The SMILES string of the molecule is Cc1ccc(CN2CC(CCCc3ccc(OC(C)(C)C(=O)O)cc3)N(Cc3ccncc3)C2=O)cc1C. The maximum absolute atomic E-state index is 13.5. The van der Waals surface area contributed by atoms with Crippen LogP contribution in [0.5, 0.6) is 5.75 Å². The molecule has 0 radical (unpaired) electrons. The van der Waals surface area contributed by atoms with Crippen LogP contribution < -0.4 is 4.74 Å². The molecule has 7 heteroatoms. The van der Waals surface area contributed by atoms with Crippen LogP contribution in [-0.4, -0.2) is 50.1 Å². The zero-order valence-corrected chi connectivity index (χ0v) is 22.7. The van der Waals surface area contributed by atoms with Crippen molar-refractivity contribution in [2.24, 2.45) is 0 Å². The maximum Gasteiger partial charge on any atom is 0.347 e. The first-order chi connectivity index (χ1) is 18.1. The van der Waals surface area contributed by atoms with Crippen molar-refractivity contribution < 1.29 is 19.4 Å². The third-order valence-corrected chi connectivity index (χ3v) is 7.25. The average molecular weight is 516 g/mol. The molecule has 2 aromatic carbocycles. The summed E-state index contributed by atoms with van der Waals surface area (Å²) in [7, 11) is 0. The van der Waals surface area contributed by atoms with Gasteiger partial charge in [0, 0.05) is 32.0 Å². The van der Waals surface area contributed by atoms with Crippen molar-refractivity contribution in [3.05, 3.63) is 94.8 Å². The number of hydrogen-bond donors (Lipinski definition) is 1. The Morgan fingerprint density at radius 1 is 0.974 bits per heavy atom. The molecule has 0 bridgehead atoms. The van der Waals surface area contributed by atoms with E-state index >= 15 is 0 Å². The van der Waals surface area contributed by atoms with E-state index in [1.807, 2.05) is 46.2 Å². The molecule has 0 spiro atoms. The number of rotatable bonds is 11. The van der Waals surface area contributed by atoms with E-state index in [0.717, 1.165) is 36.0 Å². The lowest BCUT2D eigenvalue weighted by molar-refractivity contribution is -0.152. The van der Waals surface area contributed by atoms with Crippen LogP contribution in [0.25, 0.3) is 0 Å². The number of benzene rings is 2. The molecular weight excluding hydrogens is 478 g/mol. The molecular formula is C31H37N3O4. The van der Waals surface area contributed by atoms with Crippen molar-refractivity contribution in [1.29, 1.82) is 0 Å². The van der Waals surface area contributed by atoms with E-state index in [-0.39, 0.29) is 12.1 Å². The zero-order chi connectivity index (χ0) is 27.3. The number of carbonyl (C=O) groups excluding carboxylic acids is 1. The molecule has 1 aromatic heterocycles. The van der Waals surface area contributed by atoms with Gasteiger partial charge in [-0.1, -0.05) is 30.3 Å². The van der Waals surface area contributed by atoms with Gasteiger partial charge in [0.2, 0.25) is 0 Å². The van der Waals surface area contributed by atoms with Gasteiger partial charge in [-0.25, -0.2) is 9.59 Å². The molecule has 0 saturated carbocycles.